The first-order valence-electron chi connectivity index (χ1n) is 5.07. The molecule has 1 aliphatic rings. The molecule has 0 aromatic carbocycles. The van der Waals surface area contributed by atoms with Gasteiger partial charge in [0, 0.05) is 26.7 Å². The number of ether oxygens (including phenoxy) is 2. The van der Waals surface area contributed by atoms with Gasteiger partial charge < -0.3 is 14.8 Å². The molecule has 2 atom stereocenters. The van der Waals surface area contributed by atoms with Crippen LogP contribution in [0.15, 0.2) is 0 Å². The predicted molar refractivity (Wildman–Crippen MR) is 60.5 cm³/mol. The molecule has 1 rings (SSSR count). The molecule has 0 aromatic rings. The molecule has 0 bridgehead atoms. The van der Waals surface area contributed by atoms with Crippen molar-refractivity contribution in [3.05, 3.63) is 0 Å². The lowest BCUT2D eigenvalue weighted by Gasteiger charge is -2.39. The third-order valence-corrected chi connectivity index (χ3v) is 3.97. The zero-order valence-corrected chi connectivity index (χ0v) is 10.3. The fourth-order valence-corrected chi connectivity index (χ4v) is 3.26. The highest BCUT2D eigenvalue weighted by atomic mass is 32.2. The first-order valence-corrected chi connectivity index (χ1v) is 6.05. The highest BCUT2D eigenvalue weighted by molar-refractivity contribution is 8.00. The van der Waals surface area contributed by atoms with Gasteiger partial charge in [0.25, 0.3) is 0 Å². The van der Waals surface area contributed by atoms with Crippen molar-refractivity contribution >= 4 is 11.8 Å². The topological polar surface area (TPSA) is 30.5 Å². The molecule has 3 nitrogen and oxygen atoms in total. The van der Waals surface area contributed by atoms with Crippen LogP contribution in [0, 0.1) is 0 Å². The summed E-state index contributed by atoms with van der Waals surface area (Å²) in [6.45, 7) is 4.45. The highest BCUT2D eigenvalue weighted by Crippen LogP contribution is 2.33. The van der Waals surface area contributed by atoms with Crippen molar-refractivity contribution < 1.29 is 9.47 Å². The fourth-order valence-electron chi connectivity index (χ4n) is 1.79. The number of nitrogens with one attached hydrogen (secondary N) is 1. The Kier molecular flexibility index (Phi) is 4.70. The summed E-state index contributed by atoms with van der Waals surface area (Å²) in [5, 5.41) is 3.59. The first-order chi connectivity index (χ1) is 6.59. The molecule has 1 aliphatic heterocycles. The van der Waals surface area contributed by atoms with Gasteiger partial charge in [0.15, 0.2) is 6.29 Å². The van der Waals surface area contributed by atoms with Gasteiger partial charge in [0.05, 0.1) is 4.87 Å². The smallest absolute Gasteiger partial charge is 0.159 e. The van der Waals surface area contributed by atoms with Crippen LogP contribution >= 0.6 is 11.8 Å². The summed E-state index contributed by atoms with van der Waals surface area (Å²) >= 11 is 1.96. The van der Waals surface area contributed by atoms with E-state index in [1.165, 1.54) is 12.2 Å². The van der Waals surface area contributed by atoms with Gasteiger partial charge in [-0.25, -0.2) is 0 Å². The van der Waals surface area contributed by atoms with Crippen LogP contribution < -0.4 is 5.32 Å². The average molecular weight is 219 g/mol. The van der Waals surface area contributed by atoms with Crippen molar-refractivity contribution in [3.8, 4) is 0 Å². The van der Waals surface area contributed by atoms with Crippen molar-refractivity contribution in [2.75, 3.05) is 20.0 Å². The van der Waals surface area contributed by atoms with E-state index >= 15 is 0 Å². The number of methoxy groups -OCH3 is 2. The van der Waals surface area contributed by atoms with E-state index in [0.717, 1.165) is 6.42 Å². The van der Waals surface area contributed by atoms with E-state index < -0.39 is 0 Å². The number of thioether (sulfide) groups is 1. The molecule has 1 saturated heterocycles. The third kappa shape index (κ3) is 3.42. The van der Waals surface area contributed by atoms with Crippen LogP contribution in [0.4, 0.5) is 0 Å². The quantitative estimate of drug-likeness (QED) is 0.731. The minimum atomic E-state index is -0.106. The van der Waals surface area contributed by atoms with Gasteiger partial charge in [-0.1, -0.05) is 0 Å². The van der Waals surface area contributed by atoms with Gasteiger partial charge in [-0.15, -0.1) is 11.8 Å². The Hall–Kier alpha value is 0.230. The van der Waals surface area contributed by atoms with Crippen LogP contribution in [0.3, 0.4) is 0 Å². The summed E-state index contributed by atoms with van der Waals surface area (Å²) < 4.78 is 10.5. The highest BCUT2D eigenvalue weighted by Gasteiger charge is 2.32. The molecule has 0 spiro atoms. The Morgan fingerprint density at radius 3 is 2.64 bits per heavy atom. The maximum atomic E-state index is 5.23. The van der Waals surface area contributed by atoms with Gasteiger partial charge in [-0.3, -0.25) is 0 Å². The zero-order chi connectivity index (χ0) is 10.6. The molecule has 0 saturated carbocycles. The van der Waals surface area contributed by atoms with Crippen LogP contribution in [0.25, 0.3) is 0 Å². The molecule has 2 unspecified atom stereocenters. The molecule has 1 fully saturated rings. The van der Waals surface area contributed by atoms with Crippen LogP contribution in [-0.4, -0.2) is 37.2 Å². The summed E-state index contributed by atoms with van der Waals surface area (Å²) in [5.74, 6) is 1.21. The second kappa shape index (κ2) is 5.35. The minimum Gasteiger partial charge on any atom is -0.356 e. The SMILES string of the molecule is COC(CC1(C)NC(C)CCS1)OC. The number of rotatable bonds is 4. The van der Waals surface area contributed by atoms with E-state index in [0.29, 0.717) is 6.04 Å². The summed E-state index contributed by atoms with van der Waals surface area (Å²) in [5.41, 5.74) is 0. The minimum absolute atomic E-state index is 0.0916. The lowest BCUT2D eigenvalue weighted by atomic mass is 10.1. The van der Waals surface area contributed by atoms with E-state index in [-0.39, 0.29) is 11.2 Å². The van der Waals surface area contributed by atoms with Crippen LogP contribution in [0.5, 0.6) is 0 Å². The molecular weight excluding hydrogens is 198 g/mol. The molecule has 0 aromatic heterocycles. The molecule has 1 N–H and O–H groups in total. The van der Waals surface area contributed by atoms with Gasteiger partial charge in [0.1, 0.15) is 0 Å². The second-order valence-corrected chi connectivity index (χ2v) is 5.62. The Balaban J connectivity index is 2.46. The van der Waals surface area contributed by atoms with Crippen molar-refractivity contribution in [1.29, 1.82) is 0 Å². The van der Waals surface area contributed by atoms with Crippen LogP contribution in [0.1, 0.15) is 26.7 Å². The number of hydrogen-bond acceptors (Lipinski definition) is 4. The normalized spacial score (nSPS) is 33.6. The molecule has 4 heteroatoms. The van der Waals surface area contributed by atoms with E-state index in [9.17, 15) is 0 Å². The monoisotopic (exact) mass is 219 g/mol. The predicted octanol–water partition coefficient (Wildman–Crippen LogP) is 1.83. The van der Waals surface area contributed by atoms with Crippen LogP contribution in [0.2, 0.25) is 0 Å². The van der Waals surface area contributed by atoms with Gasteiger partial charge >= 0.3 is 0 Å². The average Bonchev–Trinajstić information content (AvgIpc) is 2.14. The lowest BCUT2D eigenvalue weighted by Crippen LogP contribution is -2.50. The Morgan fingerprint density at radius 1 is 1.50 bits per heavy atom. The maximum Gasteiger partial charge on any atom is 0.159 e. The van der Waals surface area contributed by atoms with Crippen LogP contribution in [-0.2, 0) is 9.47 Å². The van der Waals surface area contributed by atoms with E-state index in [1.54, 1.807) is 14.2 Å². The molecular formula is C10H21NO2S. The Bertz CT molecular complexity index is 176. The summed E-state index contributed by atoms with van der Waals surface area (Å²) in [7, 11) is 3.38. The Labute approximate surface area is 90.9 Å². The molecule has 0 aliphatic carbocycles. The van der Waals surface area contributed by atoms with Crippen molar-refractivity contribution in [2.24, 2.45) is 0 Å². The van der Waals surface area contributed by atoms with Crippen molar-refractivity contribution in [3.63, 3.8) is 0 Å². The second-order valence-electron chi connectivity index (χ2n) is 4.02. The van der Waals surface area contributed by atoms with Crippen molar-refractivity contribution in [2.45, 2.75) is 43.9 Å². The summed E-state index contributed by atoms with van der Waals surface area (Å²) in [4.78, 5) is 0.0916. The largest absolute Gasteiger partial charge is 0.356 e. The molecule has 0 amide bonds. The molecule has 84 valence electrons. The van der Waals surface area contributed by atoms with Crippen molar-refractivity contribution in [1.82, 2.24) is 5.32 Å². The number of hydrogen-bond donors (Lipinski definition) is 1. The standard InChI is InChI=1S/C10H21NO2S/c1-8-5-6-14-10(2,11-8)7-9(12-3)13-4/h8-9,11H,5-7H2,1-4H3. The zero-order valence-electron chi connectivity index (χ0n) is 9.50. The fraction of sp³-hybridized carbons (Fsp3) is 1.00. The van der Waals surface area contributed by atoms with E-state index in [1.807, 2.05) is 11.8 Å². The van der Waals surface area contributed by atoms with Gasteiger partial charge in [-0.2, -0.15) is 0 Å². The molecule has 14 heavy (non-hydrogen) atoms. The first kappa shape index (κ1) is 12.3. The van der Waals surface area contributed by atoms with E-state index in [2.05, 4.69) is 19.2 Å². The summed E-state index contributed by atoms with van der Waals surface area (Å²) in [6.07, 6.45) is 2.02. The van der Waals surface area contributed by atoms with E-state index in [4.69, 9.17) is 9.47 Å². The third-order valence-electron chi connectivity index (χ3n) is 2.61. The van der Waals surface area contributed by atoms with Gasteiger partial charge in [0.2, 0.25) is 0 Å². The molecule has 1 heterocycles. The summed E-state index contributed by atoms with van der Waals surface area (Å²) in [6, 6.07) is 0.593. The lowest BCUT2D eigenvalue weighted by molar-refractivity contribution is -0.112. The Morgan fingerprint density at radius 2 is 2.14 bits per heavy atom. The van der Waals surface area contributed by atoms with Gasteiger partial charge in [-0.05, 0) is 26.0 Å². The molecule has 0 radical (unpaired) electrons. The maximum absolute atomic E-state index is 5.23.